The molecular weight excluding hydrogens is 212 g/mol. The average molecular weight is 228 g/mol. The Kier molecular flexibility index (Phi) is 2.75. The summed E-state index contributed by atoms with van der Waals surface area (Å²) in [4.78, 5) is 23.1. The van der Waals surface area contributed by atoms with Crippen LogP contribution >= 0.6 is 0 Å². The topological polar surface area (TPSA) is 89.9 Å². The van der Waals surface area contributed by atoms with Gasteiger partial charge >= 0.3 is 12.1 Å². The number of hydrogen-bond donors (Lipinski definition) is 3. The molecule has 0 aromatic rings. The molecule has 2 fully saturated rings. The lowest BCUT2D eigenvalue weighted by Gasteiger charge is -2.33. The van der Waals surface area contributed by atoms with Crippen LogP contribution in [-0.2, 0) is 4.79 Å². The summed E-state index contributed by atoms with van der Waals surface area (Å²) in [5, 5.41) is 21.2. The van der Waals surface area contributed by atoms with E-state index < -0.39 is 18.1 Å². The highest BCUT2D eigenvalue weighted by Crippen LogP contribution is 2.41. The van der Waals surface area contributed by atoms with Crippen LogP contribution in [0.25, 0.3) is 0 Å². The molecule has 0 aromatic heterocycles. The smallest absolute Gasteiger partial charge is 0.408 e. The molecule has 2 rings (SSSR count). The number of aliphatic carboxylic acids is 1. The predicted octanol–water partition coefficient (Wildman–Crippen LogP) is 0.193. The van der Waals surface area contributed by atoms with E-state index in [1.807, 2.05) is 0 Å². The van der Waals surface area contributed by atoms with E-state index >= 15 is 0 Å². The van der Waals surface area contributed by atoms with Crippen LogP contribution in [-0.4, -0.2) is 52.9 Å². The Morgan fingerprint density at radius 1 is 1.25 bits per heavy atom. The second kappa shape index (κ2) is 3.93. The van der Waals surface area contributed by atoms with Gasteiger partial charge in [0.1, 0.15) is 6.04 Å². The lowest BCUT2D eigenvalue weighted by Crippen LogP contribution is -2.41. The molecule has 6 heteroatoms. The highest BCUT2D eigenvalue weighted by atomic mass is 16.4. The number of amides is 1. The fourth-order valence-corrected chi connectivity index (χ4v) is 2.80. The molecule has 16 heavy (non-hydrogen) atoms. The number of likely N-dealkylation sites (tertiary alicyclic amines) is 1. The monoisotopic (exact) mass is 228 g/mol. The Labute approximate surface area is 93.2 Å². The van der Waals surface area contributed by atoms with Crippen molar-refractivity contribution in [2.45, 2.75) is 25.3 Å². The van der Waals surface area contributed by atoms with Crippen molar-refractivity contribution in [1.82, 2.24) is 10.2 Å². The van der Waals surface area contributed by atoms with Crippen molar-refractivity contribution in [1.29, 1.82) is 0 Å². The highest BCUT2D eigenvalue weighted by Gasteiger charge is 2.49. The van der Waals surface area contributed by atoms with Crippen molar-refractivity contribution in [2.24, 2.45) is 5.41 Å². The summed E-state index contributed by atoms with van der Waals surface area (Å²) in [7, 11) is 0. The predicted molar refractivity (Wildman–Crippen MR) is 55.3 cm³/mol. The van der Waals surface area contributed by atoms with E-state index in [4.69, 9.17) is 10.2 Å². The summed E-state index contributed by atoms with van der Waals surface area (Å²) < 4.78 is 0. The summed E-state index contributed by atoms with van der Waals surface area (Å²) in [6.45, 7) is 2.06. The van der Waals surface area contributed by atoms with Crippen molar-refractivity contribution >= 4 is 12.1 Å². The third-order valence-corrected chi connectivity index (χ3v) is 3.70. The Bertz CT molecular complexity index is 288. The maximum absolute atomic E-state index is 11.0. The van der Waals surface area contributed by atoms with Gasteiger partial charge in [-0.25, -0.2) is 9.59 Å². The number of carbonyl (C=O) groups is 2. The summed E-state index contributed by atoms with van der Waals surface area (Å²) in [5.74, 6) is -1.03. The van der Waals surface area contributed by atoms with Crippen LogP contribution in [0.2, 0.25) is 0 Å². The zero-order valence-corrected chi connectivity index (χ0v) is 8.98. The van der Waals surface area contributed by atoms with Crippen LogP contribution in [0.5, 0.6) is 0 Å². The molecule has 1 unspecified atom stereocenters. The van der Waals surface area contributed by atoms with E-state index in [0.717, 1.165) is 30.8 Å². The van der Waals surface area contributed by atoms with Gasteiger partial charge in [-0.15, -0.1) is 0 Å². The van der Waals surface area contributed by atoms with Crippen molar-refractivity contribution < 1.29 is 19.8 Å². The van der Waals surface area contributed by atoms with Gasteiger partial charge in [-0.2, -0.15) is 0 Å². The molecule has 6 nitrogen and oxygen atoms in total. The number of nitrogens with one attached hydrogen (secondary N) is 1. The maximum Gasteiger partial charge on any atom is 0.408 e. The first kappa shape index (κ1) is 11.2. The van der Waals surface area contributed by atoms with Gasteiger partial charge in [-0.05, 0) is 37.8 Å². The summed E-state index contributed by atoms with van der Waals surface area (Å²) in [5.41, 5.74) is -0.118. The molecule has 1 spiro atoms. The Morgan fingerprint density at radius 3 is 2.31 bits per heavy atom. The molecule has 90 valence electrons. The molecule has 2 heterocycles. The maximum atomic E-state index is 11.0. The van der Waals surface area contributed by atoms with E-state index in [1.54, 1.807) is 0 Å². The zero-order valence-electron chi connectivity index (χ0n) is 8.98. The van der Waals surface area contributed by atoms with Crippen LogP contribution in [0, 0.1) is 5.41 Å². The minimum atomic E-state index is -1.12. The third kappa shape index (κ3) is 1.84. The quantitative estimate of drug-likeness (QED) is 0.596. The first-order valence-electron chi connectivity index (χ1n) is 5.47. The van der Waals surface area contributed by atoms with E-state index in [0.29, 0.717) is 13.0 Å². The van der Waals surface area contributed by atoms with E-state index in [1.165, 1.54) is 0 Å². The van der Waals surface area contributed by atoms with Gasteiger partial charge in [-0.3, -0.25) is 4.90 Å². The molecule has 0 bridgehead atoms. The van der Waals surface area contributed by atoms with Crippen molar-refractivity contribution in [3.8, 4) is 0 Å². The van der Waals surface area contributed by atoms with Crippen LogP contribution in [0.1, 0.15) is 19.3 Å². The molecule has 2 aliphatic rings. The summed E-state index contributed by atoms with van der Waals surface area (Å²) in [6.07, 6.45) is 1.06. The van der Waals surface area contributed by atoms with Crippen LogP contribution < -0.4 is 5.32 Å². The molecular formula is C10H16N2O4. The van der Waals surface area contributed by atoms with Crippen molar-refractivity contribution in [3.05, 3.63) is 0 Å². The molecule has 1 amide bonds. The van der Waals surface area contributed by atoms with Gasteiger partial charge in [-0.1, -0.05) is 0 Å². The number of hydrogen-bond acceptors (Lipinski definition) is 3. The Hall–Kier alpha value is -1.30. The first-order chi connectivity index (χ1) is 7.54. The standard InChI is InChI=1S/C10H16N2O4/c13-8(14)7-5-10(1-3-11-4-2-10)6-12(7)9(15)16/h7,11H,1-6H2,(H,13,14)(H,15,16). The van der Waals surface area contributed by atoms with Gasteiger partial charge in [0.25, 0.3) is 0 Å². The average Bonchev–Trinajstić information content (AvgIpc) is 2.59. The van der Waals surface area contributed by atoms with Crippen molar-refractivity contribution in [2.75, 3.05) is 19.6 Å². The number of rotatable bonds is 1. The van der Waals surface area contributed by atoms with E-state index in [2.05, 4.69) is 5.32 Å². The molecule has 1 atom stereocenters. The van der Waals surface area contributed by atoms with Crippen LogP contribution in [0.3, 0.4) is 0 Å². The van der Waals surface area contributed by atoms with Gasteiger partial charge in [0.15, 0.2) is 0 Å². The third-order valence-electron chi connectivity index (χ3n) is 3.70. The van der Waals surface area contributed by atoms with E-state index in [9.17, 15) is 9.59 Å². The van der Waals surface area contributed by atoms with E-state index in [-0.39, 0.29) is 5.41 Å². The van der Waals surface area contributed by atoms with Gasteiger partial charge in [0, 0.05) is 6.54 Å². The zero-order chi connectivity index (χ0) is 11.8. The van der Waals surface area contributed by atoms with Crippen LogP contribution in [0.4, 0.5) is 4.79 Å². The summed E-state index contributed by atoms with van der Waals surface area (Å²) in [6, 6.07) is -0.865. The normalized spacial score (nSPS) is 28.2. The molecule has 0 saturated carbocycles. The fraction of sp³-hybridized carbons (Fsp3) is 0.800. The fourth-order valence-electron chi connectivity index (χ4n) is 2.80. The Balaban J connectivity index is 2.16. The highest BCUT2D eigenvalue weighted by molar-refractivity contribution is 5.80. The van der Waals surface area contributed by atoms with Gasteiger partial charge in [0.05, 0.1) is 0 Å². The molecule has 3 N–H and O–H groups in total. The SMILES string of the molecule is O=C(O)C1CC2(CCNCC2)CN1C(=O)O. The number of piperidine rings is 1. The minimum Gasteiger partial charge on any atom is -0.480 e. The lowest BCUT2D eigenvalue weighted by atomic mass is 9.77. The number of carboxylic acid groups (broad SMARTS) is 2. The molecule has 0 aliphatic carbocycles. The minimum absolute atomic E-state index is 0.118. The van der Waals surface area contributed by atoms with Crippen LogP contribution in [0.15, 0.2) is 0 Å². The lowest BCUT2D eigenvalue weighted by molar-refractivity contribution is -0.141. The van der Waals surface area contributed by atoms with Gasteiger partial charge < -0.3 is 15.5 Å². The van der Waals surface area contributed by atoms with Crippen molar-refractivity contribution in [3.63, 3.8) is 0 Å². The number of nitrogens with zero attached hydrogens (tertiary/aromatic N) is 1. The second-order valence-corrected chi connectivity index (χ2v) is 4.72. The summed E-state index contributed by atoms with van der Waals surface area (Å²) >= 11 is 0. The molecule has 2 aliphatic heterocycles. The number of carboxylic acids is 1. The van der Waals surface area contributed by atoms with Gasteiger partial charge in [0.2, 0.25) is 0 Å². The molecule has 2 saturated heterocycles. The molecule has 0 aromatic carbocycles. The largest absolute Gasteiger partial charge is 0.480 e. The first-order valence-corrected chi connectivity index (χ1v) is 5.47. The second-order valence-electron chi connectivity index (χ2n) is 4.72. The Morgan fingerprint density at radius 2 is 1.88 bits per heavy atom. The molecule has 0 radical (unpaired) electrons.